The number of methoxy groups -OCH3 is 1. The molecule has 8 heteroatoms. The van der Waals surface area contributed by atoms with E-state index in [9.17, 15) is 13.6 Å². The van der Waals surface area contributed by atoms with Gasteiger partial charge in [-0.2, -0.15) is 13.9 Å². The highest BCUT2D eigenvalue weighted by Gasteiger charge is 2.21. The maximum atomic E-state index is 12.8. The van der Waals surface area contributed by atoms with Crippen LogP contribution in [0.5, 0.6) is 11.5 Å². The van der Waals surface area contributed by atoms with Gasteiger partial charge in [0.25, 0.3) is 5.91 Å². The average Bonchev–Trinajstić information content (AvgIpc) is 3.22. The largest absolute Gasteiger partial charge is 0.494 e. The van der Waals surface area contributed by atoms with E-state index in [1.165, 1.54) is 6.07 Å². The first-order chi connectivity index (χ1) is 14.4. The van der Waals surface area contributed by atoms with Crippen LogP contribution < -0.4 is 14.8 Å². The van der Waals surface area contributed by atoms with Gasteiger partial charge in [-0.15, -0.1) is 0 Å². The first-order valence-electron chi connectivity index (χ1n) is 9.48. The van der Waals surface area contributed by atoms with Gasteiger partial charge in [-0.3, -0.25) is 4.79 Å². The smallest absolute Gasteiger partial charge is 0.387 e. The molecule has 3 rings (SSSR count). The molecule has 0 aliphatic carbocycles. The van der Waals surface area contributed by atoms with Crippen LogP contribution in [0.4, 0.5) is 8.78 Å². The van der Waals surface area contributed by atoms with Gasteiger partial charge in [-0.1, -0.05) is 31.2 Å². The molecule has 0 saturated carbocycles. The van der Waals surface area contributed by atoms with Crippen molar-refractivity contribution in [1.29, 1.82) is 0 Å². The van der Waals surface area contributed by atoms with Crippen molar-refractivity contribution in [2.75, 3.05) is 7.11 Å². The number of nitrogens with one attached hydrogen (secondary N) is 1. The first kappa shape index (κ1) is 21.3. The zero-order chi connectivity index (χ0) is 21.7. The van der Waals surface area contributed by atoms with Gasteiger partial charge >= 0.3 is 6.61 Å². The Morgan fingerprint density at radius 3 is 2.63 bits per heavy atom. The van der Waals surface area contributed by atoms with E-state index in [-0.39, 0.29) is 11.4 Å². The van der Waals surface area contributed by atoms with E-state index in [0.717, 1.165) is 5.56 Å². The number of nitrogens with zero attached hydrogens (tertiary/aromatic N) is 2. The molecule has 0 radical (unpaired) electrons. The molecule has 1 amide bonds. The Labute approximate surface area is 173 Å². The monoisotopic (exact) mass is 415 g/mol. The fraction of sp³-hybridized carbons (Fsp3) is 0.273. The number of hydrogen-bond donors (Lipinski definition) is 1. The maximum absolute atomic E-state index is 12.8. The van der Waals surface area contributed by atoms with Gasteiger partial charge in [-0.05, 0) is 43.2 Å². The molecule has 2 aromatic carbocycles. The number of aryl methyl sites for hydroxylation is 1. The molecule has 6 nitrogen and oxygen atoms in total. The first-order valence-corrected chi connectivity index (χ1v) is 9.48. The average molecular weight is 415 g/mol. The Kier molecular flexibility index (Phi) is 6.66. The van der Waals surface area contributed by atoms with Gasteiger partial charge in [-0.25, -0.2) is 4.68 Å². The molecule has 3 aromatic rings. The van der Waals surface area contributed by atoms with Crippen LogP contribution in [0, 0.1) is 6.92 Å². The predicted molar refractivity (Wildman–Crippen MR) is 108 cm³/mol. The van der Waals surface area contributed by atoms with Crippen molar-refractivity contribution in [2.24, 2.45) is 0 Å². The molecule has 0 aliphatic rings. The fourth-order valence-electron chi connectivity index (χ4n) is 3.16. The lowest BCUT2D eigenvalue weighted by molar-refractivity contribution is -0.0506. The summed E-state index contributed by atoms with van der Waals surface area (Å²) in [5.74, 6) is 0.244. The molecule has 1 unspecified atom stereocenters. The van der Waals surface area contributed by atoms with Crippen LogP contribution in [0.25, 0.3) is 5.69 Å². The van der Waals surface area contributed by atoms with E-state index >= 15 is 0 Å². The number of halogens is 2. The summed E-state index contributed by atoms with van der Waals surface area (Å²) >= 11 is 0. The number of carbonyl (C=O) groups excluding carboxylic acids is 1. The minimum absolute atomic E-state index is 0.0367. The van der Waals surface area contributed by atoms with Gasteiger partial charge in [0, 0.05) is 11.8 Å². The quantitative estimate of drug-likeness (QED) is 0.581. The molecule has 0 spiro atoms. The summed E-state index contributed by atoms with van der Waals surface area (Å²) in [7, 11) is 1.57. The number of rotatable bonds is 8. The minimum atomic E-state index is -2.95. The highest BCUT2D eigenvalue weighted by atomic mass is 19.3. The van der Waals surface area contributed by atoms with Gasteiger partial charge in [0.1, 0.15) is 17.2 Å². The second-order valence-corrected chi connectivity index (χ2v) is 6.67. The third-order valence-electron chi connectivity index (χ3n) is 4.63. The van der Waals surface area contributed by atoms with Crippen molar-refractivity contribution in [3.8, 4) is 17.2 Å². The van der Waals surface area contributed by atoms with Crippen LogP contribution >= 0.6 is 0 Å². The summed E-state index contributed by atoms with van der Waals surface area (Å²) in [4.78, 5) is 12.8. The van der Waals surface area contributed by atoms with E-state index in [2.05, 4.69) is 15.2 Å². The Morgan fingerprint density at radius 2 is 1.93 bits per heavy atom. The lowest BCUT2D eigenvalue weighted by atomic mass is 10.0. The molecule has 0 bridgehead atoms. The summed E-state index contributed by atoms with van der Waals surface area (Å²) < 4.78 is 37.0. The number of hydrogen-bond acceptors (Lipinski definition) is 4. The number of benzene rings is 2. The Bertz CT molecular complexity index is 1020. The number of para-hydroxylation sites is 1. The molecule has 30 heavy (non-hydrogen) atoms. The second-order valence-electron chi connectivity index (χ2n) is 6.67. The van der Waals surface area contributed by atoms with Crippen LogP contribution in [0.3, 0.4) is 0 Å². The van der Waals surface area contributed by atoms with Crippen LogP contribution in [0.1, 0.15) is 41.0 Å². The van der Waals surface area contributed by atoms with E-state index < -0.39 is 18.6 Å². The predicted octanol–water partition coefficient (Wildman–Crippen LogP) is 4.67. The van der Waals surface area contributed by atoms with E-state index in [0.29, 0.717) is 23.4 Å². The van der Waals surface area contributed by atoms with E-state index in [1.807, 2.05) is 32.0 Å². The lowest BCUT2D eigenvalue weighted by Gasteiger charge is -2.20. The highest BCUT2D eigenvalue weighted by molar-refractivity contribution is 5.92. The summed E-state index contributed by atoms with van der Waals surface area (Å²) in [6.45, 7) is 0.852. The molecule has 1 N–H and O–H groups in total. The van der Waals surface area contributed by atoms with Crippen molar-refractivity contribution in [3.05, 3.63) is 71.5 Å². The molecule has 1 aromatic heterocycles. The third kappa shape index (κ3) is 4.76. The summed E-state index contributed by atoms with van der Waals surface area (Å²) in [6.07, 6.45) is 2.16. The van der Waals surface area contributed by atoms with Gasteiger partial charge in [0.15, 0.2) is 5.69 Å². The normalized spacial score (nSPS) is 11.9. The SMILES string of the molecule is CCC(NC(=O)c1ccn(-c2cc(C)ccc2OC)n1)c1ccccc1OC(F)F. The van der Waals surface area contributed by atoms with E-state index in [1.54, 1.807) is 42.3 Å². The van der Waals surface area contributed by atoms with Crippen molar-refractivity contribution in [3.63, 3.8) is 0 Å². The van der Waals surface area contributed by atoms with Gasteiger partial charge in [0.05, 0.1) is 13.2 Å². The lowest BCUT2D eigenvalue weighted by Crippen LogP contribution is -2.29. The van der Waals surface area contributed by atoms with Crippen LogP contribution in [-0.2, 0) is 0 Å². The highest BCUT2D eigenvalue weighted by Crippen LogP contribution is 2.29. The number of aromatic nitrogens is 2. The molecule has 1 heterocycles. The van der Waals surface area contributed by atoms with Crippen molar-refractivity contribution in [2.45, 2.75) is 32.9 Å². The molecule has 1 atom stereocenters. The topological polar surface area (TPSA) is 65.4 Å². The molecular weight excluding hydrogens is 392 g/mol. The molecular formula is C22H23F2N3O3. The zero-order valence-corrected chi connectivity index (χ0v) is 16.9. The van der Waals surface area contributed by atoms with Gasteiger partial charge < -0.3 is 14.8 Å². The Morgan fingerprint density at radius 1 is 1.17 bits per heavy atom. The second kappa shape index (κ2) is 9.39. The minimum Gasteiger partial charge on any atom is -0.494 e. The molecule has 0 saturated heterocycles. The van der Waals surface area contributed by atoms with Crippen molar-refractivity contribution in [1.82, 2.24) is 15.1 Å². The fourth-order valence-corrected chi connectivity index (χ4v) is 3.16. The number of carbonyl (C=O) groups is 1. The van der Waals surface area contributed by atoms with Crippen LogP contribution in [0.2, 0.25) is 0 Å². The molecule has 158 valence electrons. The summed E-state index contributed by atoms with van der Waals surface area (Å²) in [5, 5.41) is 7.20. The number of ether oxygens (including phenoxy) is 2. The Hall–Kier alpha value is -3.42. The summed E-state index contributed by atoms with van der Waals surface area (Å²) in [6, 6.07) is 13.2. The number of alkyl halides is 2. The number of amides is 1. The van der Waals surface area contributed by atoms with Crippen LogP contribution in [-0.4, -0.2) is 29.4 Å². The van der Waals surface area contributed by atoms with Crippen molar-refractivity contribution < 1.29 is 23.0 Å². The Balaban J connectivity index is 1.82. The van der Waals surface area contributed by atoms with Gasteiger partial charge in [0.2, 0.25) is 0 Å². The third-order valence-corrected chi connectivity index (χ3v) is 4.63. The zero-order valence-electron chi connectivity index (χ0n) is 16.9. The maximum Gasteiger partial charge on any atom is 0.387 e. The summed E-state index contributed by atoms with van der Waals surface area (Å²) in [5.41, 5.74) is 2.41. The standard InChI is InChI=1S/C22H23F2N3O3/c1-4-16(15-7-5-6-8-19(15)30-22(23)24)25-21(28)17-11-12-27(26-17)18-13-14(2)9-10-20(18)29-3/h5-13,16,22H,4H2,1-3H3,(H,25,28). The molecule has 0 aliphatic heterocycles. The van der Waals surface area contributed by atoms with Crippen molar-refractivity contribution >= 4 is 5.91 Å². The van der Waals surface area contributed by atoms with E-state index in [4.69, 9.17) is 4.74 Å². The molecule has 0 fully saturated rings. The van der Waals surface area contributed by atoms with Crippen LogP contribution in [0.15, 0.2) is 54.7 Å².